The third-order valence-electron chi connectivity index (χ3n) is 6.72. The van der Waals surface area contributed by atoms with Crippen LogP contribution >= 0.6 is 11.3 Å². The van der Waals surface area contributed by atoms with E-state index in [-0.39, 0.29) is 17.6 Å². The van der Waals surface area contributed by atoms with Crippen LogP contribution in [-0.2, 0) is 16.0 Å². The van der Waals surface area contributed by atoms with Gasteiger partial charge in [-0.1, -0.05) is 0 Å². The minimum atomic E-state index is -0.00204. The lowest BCUT2D eigenvalue weighted by atomic mass is 9.90. The summed E-state index contributed by atoms with van der Waals surface area (Å²) in [5.41, 5.74) is 2.49. The summed E-state index contributed by atoms with van der Waals surface area (Å²) < 4.78 is 0. The van der Waals surface area contributed by atoms with Gasteiger partial charge in [-0.25, -0.2) is 9.97 Å². The fourth-order valence-electron chi connectivity index (χ4n) is 4.78. The number of carbonyl (C=O) groups is 2. The molecule has 7 nitrogen and oxygen atoms in total. The van der Waals surface area contributed by atoms with Gasteiger partial charge in [0, 0.05) is 48.9 Å². The van der Waals surface area contributed by atoms with Crippen LogP contribution in [0.4, 0.5) is 0 Å². The number of aromatic nitrogens is 3. The van der Waals surface area contributed by atoms with Gasteiger partial charge in [0.25, 0.3) is 0 Å². The molecule has 1 amide bonds. The summed E-state index contributed by atoms with van der Waals surface area (Å²) >= 11 is 1.62. The van der Waals surface area contributed by atoms with Gasteiger partial charge in [0.1, 0.15) is 5.78 Å². The van der Waals surface area contributed by atoms with Crippen molar-refractivity contribution in [2.45, 2.75) is 39.0 Å². The normalized spacial score (nSPS) is 17.7. The molecule has 5 rings (SSSR count). The summed E-state index contributed by atoms with van der Waals surface area (Å²) in [6, 6.07) is 5.93. The maximum absolute atomic E-state index is 13.0. The number of pyridine rings is 2. The maximum Gasteiger partial charge on any atom is 0.236 e. The zero-order valence-corrected chi connectivity index (χ0v) is 19.8. The molecule has 2 aliphatic rings. The van der Waals surface area contributed by atoms with E-state index in [0.717, 1.165) is 58.1 Å². The number of piperidine rings is 1. The number of thiazole rings is 1. The average molecular weight is 464 g/mol. The monoisotopic (exact) mass is 463 g/mol. The molecule has 2 fully saturated rings. The smallest absolute Gasteiger partial charge is 0.236 e. The fraction of sp³-hybridized carbons (Fsp3) is 0.480. The van der Waals surface area contributed by atoms with E-state index in [4.69, 9.17) is 4.98 Å². The highest BCUT2D eigenvalue weighted by Crippen LogP contribution is 2.26. The van der Waals surface area contributed by atoms with Crippen LogP contribution in [0, 0.1) is 12.8 Å². The van der Waals surface area contributed by atoms with Crippen LogP contribution in [-0.4, -0.2) is 69.2 Å². The predicted molar refractivity (Wildman–Crippen MR) is 129 cm³/mol. The molecule has 3 aromatic rings. The third-order valence-corrected chi connectivity index (χ3v) is 7.66. The number of aryl methyl sites for hydroxylation is 1. The van der Waals surface area contributed by atoms with Crippen LogP contribution in [0.2, 0.25) is 0 Å². The Balaban J connectivity index is 1.19. The second kappa shape index (κ2) is 9.65. The van der Waals surface area contributed by atoms with Crippen LogP contribution in [0.3, 0.4) is 0 Å². The Labute approximate surface area is 197 Å². The van der Waals surface area contributed by atoms with Crippen molar-refractivity contribution in [3.8, 4) is 10.6 Å². The van der Waals surface area contributed by atoms with E-state index in [0.29, 0.717) is 26.1 Å². The summed E-state index contributed by atoms with van der Waals surface area (Å²) in [6.07, 6.45) is 7.82. The first-order valence-corrected chi connectivity index (χ1v) is 12.6. The Morgan fingerprint density at radius 1 is 1.06 bits per heavy atom. The maximum atomic E-state index is 13.0. The van der Waals surface area contributed by atoms with Crippen LogP contribution in [0.1, 0.15) is 36.4 Å². The highest BCUT2D eigenvalue weighted by molar-refractivity contribution is 7.15. The summed E-state index contributed by atoms with van der Waals surface area (Å²) in [6.45, 7) is 5.91. The Hall–Kier alpha value is -2.71. The number of rotatable bonds is 6. The average Bonchev–Trinajstić information content (AvgIpc) is 3.50. The first-order valence-electron chi connectivity index (χ1n) is 11.8. The van der Waals surface area contributed by atoms with Gasteiger partial charge in [0.2, 0.25) is 5.91 Å². The van der Waals surface area contributed by atoms with Crippen LogP contribution in [0.15, 0.2) is 30.6 Å². The Morgan fingerprint density at radius 2 is 1.85 bits per heavy atom. The molecule has 2 aliphatic heterocycles. The second-order valence-electron chi connectivity index (χ2n) is 9.09. The van der Waals surface area contributed by atoms with Gasteiger partial charge in [0.05, 0.1) is 27.6 Å². The van der Waals surface area contributed by atoms with Crippen molar-refractivity contribution < 1.29 is 9.59 Å². The second-order valence-corrected chi connectivity index (χ2v) is 10.3. The molecule has 0 aliphatic carbocycles. The van der Waals surface area contributed by atoms with Crippen molar-refractivity contribution in [3.63, 3.8) is 0 Å². The van der Waals surface area contributed by atoms with Gasteiger partial charge >= 0.3 is 0 Å². The van der Waals surface area contributed by atoms with Crippen molar-refractivity contribution in [3.05, 3.63) is 41.3 Å². The van der Waals surface area contributed by atoms with Crippen molar-refractivity contribution >= 4 is 33.9 Å². The van der Waals surface area contributed by atoms with Crippen LogP contribution in [0.5, 0.6) is 0 Å². The molecule has 3 aromatic heterocycles. The summed E-state index contributed by atoms with van der Waals surface area (Å²) in [7, 11) is 0. The number of fused-ring (bicyclic) bond motifs is 1. The number of nitrogens with zero attached hydrogens (tertiary/aromatic N) is 5. The van der Waals surface area contributed by atoms with E-state index in [2.05, 4.69) is 14.9 Å². The van der Waals surface area contributed by atoms with Gasteiger partial charge in [-0.15, -0.1) is 11.3 Å². The molecule has 0 aromatic carbocycles. The molecule has 0 N–H and O–H groups in total. The zero-order chi connectivity index (χ0) is 22.8. The summed E-state index contributed by atoms with van der Waals surface area (Å²) in [5, 5.41) is 1.97. The van der Waals surface area contributed by atoms with Gasteiger partial charge in [-0.05, 0) is 63.9 Å². The van der Waals surface area contributed by atoms with Gasteiger partial charge in [-0.3, -0.25) is 19.5 Å². The number of hydrogen-bond acceptors (Lipinski definition) is 7. The van der Waals surface area contributed by atoms with Gasteiger partial charge in [-0.2, -0.15) is 0 Å². The first kappa shape index (κ1) is 22.1. The van der Waals surface area contributed by atoms with E-state index in [9.17, 15) is 9.59 Å². The summed E-state index contributed by atoms with van der Waals surface area (Å²) in [5.74, 6) is 0.414. The van der Waals surface area contributed by atoms with E-state index >= 15 is 0 Å². The van der Waals surface area contributed by atoms with Crippen molar-refractivity contribution in [1.82, 2.24) is 24.8 Å². The molecular weight excluding hydrogens is 434 g/mol. The van der Waals surface area contributed by atoms with Crippen LogP contribution < -0.4 is 0 Å². The minimum Gasteiger partial charge on any atom is -0.342 e. The van der Waals surface area contributed by atoms with Gasteiger partial charge in [0.15, 0.2) is 0 Å². The first-order chi connectivity index (χ1) is 16.0. The number of ketones is 1. The lowest BCUT2D eigenvalue weighted by Crippen LogP contribution is -2.44. The number of hydrogen-bond donors (Lipinski definition) is 0. The molecule has 0 atom stereocenters. The Morgan fingerprint density at radius 3 is 2.58 bits per heavy atom. The fourth-order valence-corrected chi connectivity index (χ4v) is 5.52. The molecule has 33 heavy (non-hydrogen) atoms. The Bertz CT molecular complexity index is 1160. The highest BCUT2D eigenvalue weighted by atomic mass is 32.1. The van der Waals surface area contributed by atoms with Gasteiger partial charge < -0.3 is 4.90 Å². The molecule has 0 radical (unpaired) electrons. The topological polar surface area (TPSA) is 79.3 Å². The van der Waals surface area contributed by atoms with Crippen LogP contribution in [0.25, 0.3) is 21.5 Å². The SMILES string of the molecule is Cc1ncc(-c2ccc3cnc(CC(=O)C4CCN(C(=O)CN5CCCC5)CC4)cc3n2)s1. The minimum absolute atomic E-state index is 0.00204. The molecular formula is C25H29N5O2S. The standard InChI is InChI=1S/C25H29N5O2S/c1-17-26-15-24(33-17)21-5-4-19-14-27-20(12-22(19)28-21)13-23(31)18-6-10-30(11-7-18)25(32)16-29-8-2-3-9-29/h4-5,12,14-15,18H,2-3,6-11,13,16H2,1H3. The van der Waals surface area contributed by atoms with Crippen molar-refractivity contribution in [2.75, 3.05) is 32.7 Å². The zero-order valence-electron chi connectivity index (χ0n) is 19.0. The summed E-state index contributed by atoms with van der Waals surface area (Å²) in [4.78, 5) is 44.3. The number of amides is 1. The lowest BCUT2D eigenvalue weighted by Gasteiger charge is -2.32. The third kappa shape index (κ3) is 5.12. The molecule has 2 saturated heterocycles. The van der Waals surface area contributed by atoms with Crippen molar-refractivity contribution in [1.29, 1.82) is 0 Å². The molecule has 5 heterocycles. The number of likely N-dealkylation sites (tertiary alicyclic amines) is 2. The van der Waals surface area contributed by atoms with Crippen molar-refractivity contribution in [2.24, 2.45) is 5.92 Å². The molecule has 0 unspecified atom stereocenters. The Kier molecular flexibility index (Phi) is 6.46. The quantitative estimate of drug-likeness (QED) is 0.557. The largest absolute Gasteiger partial charge is 0.342 e. The lowest BCUT2D eigenvalue weighted by molar-refractivity contribution is -0.135. The molecule has 8 heteroatoms. The molecule has 0 saturated carbocycles. The van der Waals surface area contributed by atoms with E-state index in [1.54, 1.807) is 17.5 Å². The highest BCUT2D eigenvalue weighted by Gasteiger charge is 2.28. The molecule has 0 spiro atoms. The van der Waals surface area contributed by atoms with E-state index < -0.39 is 0 Å². The molecule has 172 valence electrons. The number of carbonyl (C=O) groups excluding carboxylic acids is 2. The predicted octanol–water partition coefficient (Wildman–Crippen LogP) is 3.51. The number of Topliss-reactive ketones (excluding diaryl/α,β-unsaturated/α-hetero) is 1. The molecule has 0 bridgehead atoms. The van der Waals surface area contributed by atoms with E-state index in [1.807, 2.05) is 36.2 Å². The van der Waals surface area contributed by atoms with E-state index in [1.165, 1.54) is 12.8 Å².